The van der Waals surface area contributed by atoms with Crippen molar-refractivity contribution in [1.29, 1.82) is 0 Å². The van der Waals surface area contributed by atoms with Crippen LogP contribution in [-0.2, 0) is 14.8 Å². The Bertz CT molecular complexity index is 575. The summed E-state index contributed by atoms with van der Waals surface area (Å²) in [7, 11) is -4.02. The summed E-state index contributed by atoms with van der Waals surface area (Å²) in [4.78, 5) is -0.654. The summed E-state index contributed by atoms with van der Waals surface area (Å²) in [6.45, 7) is 1.65. The highest BCUT2D eigenvalue weighted by Crippen LogP contribution is 2.21. The predicted molar refractivity (Wildman–Crippen MR) is 77.8 cm³/mol. The van der Waals surface area contributed by atoms with Gasteiger partial charge in [-0.15, -0.1) is 0 Å². The van der Waals surface area contributed by atoms with Gasteiger partial charge in [0.15, 0.2) is 0 Å². The smallest absolute Gasteiger partial charge is 0.243 e. The Labute approximate surface area is 127 Å². The zero-order chi connectivity index (χ0) is 15.3. The van der Waals surface area contributed by atoms with E-state index in [1.54, 1.807) is 11.8 Å². The molecule has 0 aromatic heterocycles. The molecular formula is C13H17F2NO3S2. The summed E-state index contributed by atoms with van der Waals surface area (Å²) in [5, 5.41) is 0.467. The van der Waals surface area contributed by atoms with Crippen LogP contribution in [0.3, 0.4) is 0 Å². The largest absolute Gasteiger partial charge is 0.381 e. The van der Waals surface area contributed by atoms with E-state index in [4.69, 9.17) is 4.74 Å². The highest BCUT2D eigenvalue weighted by molar-refractivity contribution is 8.00. The summed E-state index contributed by atoms with van der Waals surface area (Å²) in [5.41, 5.74) is 0. The minimum absolute atomic E-state index is 0.181. The fourth-order valence-electron chi connectivity index (χ4n) is 2.01. The third-order valence-electron chi connectivity index (χ3n) is 3.10. The molecule has 0 aliphatic carbocycles. The Morgan fingerprint density at radius 1 is 1.29 bits per heavy atom. The van der Waals surface area contributed by atoms with Crippen LogP contribution in [-0.4, -0.2) is 39.2 Å². The van der Waals surface area contributed by atoms with Crippen molar-refractivity contribution in [3.05, 3.63) is 29.8 Å². The Morgan fingerprint density at radius 2 is 2.00 bits per heavy atom. The number of nitrogens with one attached hydrogen (secondary N) is 1. The lowest BCUT2D eigenvalue weighted by atomic mass is 10.2. The summed E-state index contributed by atoms with van der Waals surface area (Å²) in [5.74, 6) is -1.16. The zero-order valence-electron chi connectivity index (χ0n) is 11.3. The number of hydrogen-bond donors (Lipinski definition) is 1. The molecule has 0 unspecified atom stereocenters. The van der Waals surface area contributed by atoms with Gasteiger partial charge in [-0.25, -0.2) is 21.9 Å². The Balaban J connectivity index is 1.85. The SMILES string of the molecule is O=S(=O)(NCCSC1CCOCC1)c1cc(F)ccc1F. The molecule has 1 N–H and O–H groups in total. The van der Waals surface area contributed by atoms with Crippen LogP contribution in [0.4, 0.5) is 8.78 Å². The van der Waals surface area contributed by atoms with Crippen LogP contribution < -0.4 is 4.72 Å². The van der Waals surface area contributed by atoms with Crippen molar-refractivity contribution in [2.75, 3.05) is 25.5 Å². The first-order chi connectivity index (χ1) is 9.99. The Kier molecular flexibility index (Phi) is 5.98. The molecule has 1 aromatic rings. The lowest BCUT2D eigenvalue weighted by Gasteiger charge is -2.21. The van der Waals surface area contributed by atoms with Crippen LogP contribution in [0, 0.1) is 11.6 Å². The van der Waals surface area contributed by atoms with Gasteiger partial charge in [-0.2, -0.15) is 11.8 Å². The van der Waals surface area contributed by atoms with Crippen molar-refractivity contribution in [3.8, 4) is 0 Å². The van der Waals surface area contributed by atoms with E-state index in [-0.39, 0.29) is 6.54 Å². The number of sulfonamides is 1. The van der Waals surface area contributed by atoms with Crippen molar-refractivity contribution in [2.45, 2.75) is 23.0 Å². The fourth-order valence-corrected chi connectivity index (χ4v) is 4.33. The lowest BCUT2D eigenvalue weighted by Crippen LogP contribution is -2.28. The standard InChI is InChI=1S/C13H17F2NO3S2/c14-10-1-2-12(15)13(9-10)21(17,18)16-5-8-20-11-3-6-19-7-4-11/h1-2,9,11,16H,3-8H2. The summed E-state index contributed by atoms with van der Waals surface area (Å²) in [6, 6.07) is 2.37. The molecule has 1 heterocycles. The fraction of sp³-hybridized carbons (Fsp3) is 0.538. The summed E-state index contributed by atoms with van der Waals surface area (Å²) < 4.78 is 57.8. The number of thioether (sulfide) groups is 1. The first-order valence-corrected chi connectivity index (χ1v) is 9.16. The van der Waals surface area contributed by atoms with Gasteiger partial charge in [0.1, 0.15) is 16.5 Å². The molecule has 1 aliphatic rings. The quantitative estimate of drug-likeness (QED) is 0.808. The third-order valence-corrected chi connectivity index (χ3v) is 5.96. The van der Waals surface area contributed by atoms with E-state index in [9.17, 15) is 17.2 Å². The van der Waals surface area contributed by atoms with E-state index in [2.05, 4.69) is 4.72 Å². The van der Waals surface area contributed by atoms with Gasteiger partial charge in [0.2, 0.25) is 10.0 Å². The van der Waals surface area contributed by atoms with Crippen LogP contribution >= 0.6 is 11.8 Å². The average Bonchev–Trinajstić information content (AvgIpc) is 2.47. The van der Waals surface area contributed by atoms with Gasteiger partial charge in [-0.1, -0.05) is 0 Å². The molecule has 1 saturated heterocycles. The molecule has 0 radical (unpaired) electrons. The van der Waals surface area contributed by atoms with Crippen molar-refractivity contribution in [2.24, 2.45) is 0 Å². The Morgan fingerprint density at radius 3 is 2.71 bits per heavy atom. The molecule has 0 amide bonds. The Hall–Kier alpha value is -0.700. The average molecular weight is 337 g/mol. The normalized spacial score (nSPS) is 17.0. The van der Waals surface area contributed by atoms with E-state index in [1.165, 1.54) is 0 Å². The molecular weight excluding hydrogens is 320 g/mol. The van der Waals surface area contributed by atoms with E-state index in [0.29, 0.717) is 17.1 Å². The van der Waals surface area contributed by atoms with Crippen molar-refractivity contribution in [1.82, 2.24) is 4.72 Å². The lowest BCUT2D eigenvalue weighted by molar-refractivity contribution is 0.100. The van der Waals surface area contributed by atoms with Crippen LogP contribution in [0.25, 0.3) is 0 Å². The van der Waals surface area contributed by atoms with Crippen LogP contribution in [0.15, 0.2) is 23.1 Å². The van der Waals surface area contributed by atoms with Crippen molar-refractivity contribution in [3.63, 3.8) is 0 Å². The molecule has 0 spiro atoms. The molecule has 1 aliphatic heterocycles. The second-order valence-corrected chi connectivity index (χ2v) is 7.80. The van der Waals surface area contributed by atoms with Crippen LogP contribution in [0.1, 0.15) is 12.8 Å². The molecule has 0 atom stereocenters. The van der Waals surface area contributed by atoms with Gasteiger partial charge in [0.05, 0.1) is 0 Å². The maximum Gasteiger partial charge on any atom is 0.243 e. The maximum atomic E-state index is 13.5. The monoisotopic (exact) mass is 337 g/mol. The van der Waals surface area contributed by atoms with Gasteiger partial charge in [0, 0.05) is 30.8 Å². The van der Waals surface area contributed by atoms with Gasteiger partial charge >= 0.3 is 0 Å². The maximum absolute atomic E-state index is 13.5. The minimum Gasteiger partial charge on any atom is -0.381 e. The number of rotatable bonds is 6. The molecule has 0 bridgehead atoms. The van der Waals surface area contributed by atoms with Crippen LogP contribution in [0.2, 0.25) is 0 Å². The summed E-state index contributed by atoms with van der Waals surface area (Å²) in [6.07, 6.45) is 1.91. The highest BCUT2D eigenvalue weighted by Gasteiger charge is 2.20. The number of halogens is 2. The van der Waals surface area contributed by atoms with Gasteiger partial charge in [0.25, 0.3) is 0 Å². The first-order valence-electron chi connectivity index (χ1n) is 6.63. The number of benzene rings is 1. The predicted octanol–water partition coefficient (Wildman–Crippen LogP) is 2.16. The zero-order valence-corrected chi connectivity index (χ0v) is 13.0. The highest BCUT2D eigenvalue weighted by atomic mass is 32.2. The second-order valence-electron chi connectivity index (χ2n) is 4.66. The van der Waals surface area contributed by atoms with Crippen LogP contribution in [0.5, 0.6) is 0 Å². The molecule has 118 valence electrons. The van der Waals surface area contributed by atoms with E-state index in [1.807, 2.05) is 0 Å². The molecule has 0 saturated carbocycles. The third kappa shape index (κ3) is 4.91. The molecule has 1 aromatic carbocycles. The van der Waals surface area contributed by atoms with E-state index >= 15 is 0 Å². The second kappa shape index (κ2) is 7.53. The minimum atomic E-state index is -4.02. The van der Waals surface area contributed by atoms with Gasteiger partial charge in [-0.05, 0) is 31.0 Å². The molecule has 1 fully saturated rings. The molecule has 8 heteroatoms. The number of ether oxygens (including phenoxy) is 1. The number of hydrogen-bond acceptors (Lipinski definition) is 4. The molecule has 21 heavy (non-hydrogen) atoms. The molecule has 2 rings (SSSR count). The topological polar surface area (TPSA) is 55.4 Å². The van der Waals surface area contributed by atoms with E-state index < -0.39 is 26.6 Å². The van der Waals surface area contributed by atoms with Crippen molar-refractivity contribution < 1.29 is 21.9 Å². The van der Waals surface area contributed by atoms with Gasteiger partial charge in [-0.3, -0.25) is 0 Å². The van der Waals surface area contributed by atoms with Gasteiger partial charge < -0.3 is 4.74 Å². The summed E-state index contributed by atoms with van der Waals surface area (Å²) >= 11 is 1.67. The van der Waals surface area contributed by atoms with E-state index in [0.717, 1.165) is 38.2 Å². The molecule has 4 nitrogen and oxygen atoms in total. The first kappa shape index (κ1) is 16.7. The van der Waals surface area contributed by atoms with Crippen molar-refractivity contribution >= 4 is 21.8 Å².